The van der Waals surface area contributed by atoms with Gasteiger partial charge in [0, 0.05) is 19.0 Å². The maximum Gasteiger partial charge on any atom is 0.315 e. The fraction of sp³-hybridized carbons (Fsp3) is 0.619. The van der Waals surface area contributed by atoms with Gasteiger partial charge >= 0.3 is 12.0 Å². The minimum Gasteiger partial charge on any atom is -0.481 e. The molecule has 2 rings (SSSR count). The fourth-order valence-corrected chi connectivity index (χ4v) is 3.45. The Morgan fingerprint density at radius 3 is 2.59 bits per heavy atom. The zero-order chi connectivity index (χ0) is 19.5. The van der Waals surface area contributed by atoms with Crippen LogP contribution in [0.25, 0.3) is 0 Å². The minimum atomic E-state index is -0.842. The van der Waals surface area contributed by atoms with Crippen molar-refractivity contribution < 1.29 is 14.7 Å². The van der Waals surface area contributed by atoms with Crippen molar-refractivity contribution in [3.8, 4) is 0 Å². The molecule has 1 aromatic rings. The van der Waals surface area contributed by atoms with Gasteiger partial charge in [0.25, 0.3) is 0 Å². The van der Waals surface area contributed by atoms with Gasteiger partial charge in [0.2, 0.25) is 0 Å². The van der Waals surface area contributed by atoms with Crippen molar-refractivity contribution in [2.45, 2.75) is 51.5 Å². The highest BCUT2D eigenvalue weighted by atomic mass is 16.4. The first-order valence-corrected chi connectivity index (χ1v) is 10.1. The van der Waals surface area contributed by atoms with Crippen LogP contribution in [0.5, 0.6) is 0 Å². The lowest BCUT2D eigenvalue weighted by molar-refractivity contribution is -0.137. The molecule has 2 amide bonds. The standard InChI is InChI=1S/C21H33N3O3/c1-17-10-14-24(15-11-17)13-5-12-22-21(27)23-19(8-9-20(25)26)16-18-6-3-2-4-7-18/h2-4,6-7,17,19H,5,8-16H2,1H3,(H,25,26)(H2,22,23,27). The predicted molar refractivity (Wildman–Crippen MR) is 107 cm³/mol. The number of nitrogens with zero attached hydrogens (tertiary/aromatic N) is 1. The van der Waals surface area contributed by atoms with Crippen molar-refractivity contribution in [3.05, 3.63) is 35.9 Å². The van der Waals surface area contributed by atoms with E-state index >= 15 is 0 Å². The number of carbonyl (C=O) groups is 2. The molecule has 0 bridgehead atoms. The van der Waals surface area contributed by atoms with E-state index in [1.807, 2.05) is 30.3 Å². The normalized spacial score (nSPS) is 16.6. The monoisotopic (exact) mass is 375 g/mol. The summed E-state index contributed by atoms with van der Waals surface area (Å²) in [6.45, 7) is 6.26. The fourth-order valence-electron chi connectivity index (χ4n) is 3.45. The van der Waals surface area contributed by atoms with E-state index < -0.39 is 5.97 Å². The largest absolute Gasteiger partial charge is 0.481 e. The SMILES string of the molecule is CC1CCN(CCCNC(=O)NC(CCC(=O)O)Cc2ccccc2)CC1. The molecule has 3 N–H and O–H groups in total. The third kappa shape index (κ3) is 8.91. The van der Waals surface area contributed by atoms with Crippen LogP contribution in [0.2, 0.25) is 0 Å². The zero-order valence-electron chi connectivity index (χ0n) is 16.3. The molecule has 1 saturated heterocycles. The summed E-state index contributed by atoms with van der Waals surface area (Å²) < 4.78 is 0. The molecule has 27 heavy (non-hydrogen) atoms. The number of rotatable bonds is 10. The van der Waals surface area contributed by atoms with Crippen molar-refractivity contribution in [3.63, 3.8) is 0 Å². The van der Waals surface area contributed by atoms with Crippen LogP contribution >= 0.6 is 0 Å². The van der Waals surface area contributed by atoms with Crippen LogP contribution in [-0.2, 0) is 11.2 Å². The molecule has 0 spiro atoms. The van der Waals surface area contributed by atoms with Crippen LogP contribution in [0.1, 0.15) is 44.6 Å². The average molecular weight is 376 g/mol. The van der Waals surface area contributed by atoms with Crippen molar-refractivity contribution >= 4 is 12.0 Å². The lowest BCUT2D eigenvalue weighted by atomic mass is 9.99. The molecule has 1 atom stereocenters. The van der Waals surface area contributed by atoms with Crippen LogP contribution in [-0.4, -0.2) is 54.2 Å². The Morgan fingerprint density at radius 2 is 1.93 bits per heavy atom. The first kappa shape index (κ1) is 21.2. The van der Waals surface area contributed by atoms with Gasteiger partial charge in [-0.2, -0.15) is 0 Å². The highest BCUT2D eigenvalue weighted by molar-refractivity contribution is 5.74. The molecule has 6 heteroatoms. The number of hydrogen-bond acceptors (Lipinski definition) is 3. The maximum atomic E-state index is 12.2. The summed E-state index contributed by atoms with van der Waals surface area (Å²) in [5, 5.41) is 14.8. The number of urea groups is 1. The molecule has 0 saturated carbocycles. The van der Waals surface area contributed by atoms with Gasteiger partial charge in [0.1, 0.15) is 0 Å². The van der Waals surface area contributed by atoms with Crippen LogP contribution < -0.4 is 10.6 Å². The molecule has 1 aliphatic rings. The molecule has 150 valence electrons. The molecule has 1 unspecified atom stereocenters. The number of carboxylic acid groups (broad SMARTS) is 1. The highest BCUT2D eigenvalue weighted by Gasteiger charge is 2.16. The molecule has 1 aliphatic heterocycles. The van der Waals surface area contributed by atoms with E-state index in [1.54, 1.807) is 0 Å². The molecule has 0 aromatic heterocycles. The third-order valence-electron chi connectivity index (χ3n) is 5.18. The third-order valence-corrected chi connectivity index (χ3v) is 5.18. The number of nitrogens with one attached hydrogen (secondary N) is 2. The van der Waals surface area contributed by atoms with Crippen molar-refractivity contribution in [2.24, 2.45) is 5.92 Å². The number of amides is 2. The number of aliphatic carboxylic acids is 1. The lowest BCUT2D eigenvalue weighted by Gasteiger charge is -2.30. The summed E-state index contributed by atoms with van der Waals surface area (Å²) in [6, 6.07) is 9.43. The van der Waals surface area contributed by atoms with Gasteiger partial charge in [-0.25, -0.2) is 4.79 Å². The Hall–Kier alpha value is -2.08. The second kappa shape index (κ2) is 11.6. The molecular weight excluding hydrogens is 342 g/mol. The van der Waals surface area contributed by atoms with Gasteiger partial charge in [-0.05, 0) is 63.2 Å². The van der Waals surface area contributed by atoms with E-state index in [-0.39, 0.29) is 18.5 Å². The van der Waals surface area contributed by atoms with E-state index in [4.69, 9.17) is 5.11 Å². The molecule has 0 radical (unpaired) electrons. The topological polar surface area (TPSA) is 81.7 Å². The zero-order valence-corrected chi connectivity index (χ0v) is 16.3. The highest BCUT2D eigenvalue weighted by Crippen LogP contribution is 2.15. The summed E-state index contributed by atoms with van der Waals surface area (Å²) in [7, 11) is 0. The summed E-state index contributed by atoms with van der Waals surface area (Å²) in [5.74, 6) is -0.0105. The van der Waals surface area contributed by atoms with Crippen molar-refractivity contribution in [1.29, 1.82) is 0 Å². The van der Waals surface area contributed by atoms with Gasteiger partial charge < -0.3 is 20.6 Å². The molecular formula is C21H33N3O3. The second-order valence-corrected chi connectivity index (χ2v) is 7.60. The van der Waals surface area contributed by atoms with E-state index in [1.165, 1.54) is 12.8 Å². The van der Waals surface area contributed by atoms with Crippen molar-refractivity contribution in [1.82, 2.24) is 15.5 Å². The Balaban J connectivity index is 1.69. The number of piperidine rings is 1. The quantitative estimate of drug-likeness (QED) is 0.549. The maximum absolute atomic E-state index is 12.2. The molecule has 1 heterocycles. The van der Waals surface area contributed by atoms with Crippen molar-refractivity contribution in [2.75, 3.05) is 26.2 Å². The van der Waals surface area contributed by atoms with Gasteiger partial charge in [-0.1, -0.05) is 37.3 Å². The summed E-state index contributed by atoms with van der Waals surface area (Å²) in [5.41, 5.74) is 1.09. The molecule has 0 aliphatic carbocycles. The average Bonchev–Trinajstić information content (AvgIpc) is 2.65. The summed E-state index contributed by atoms with van der Waals surface area (Å²) >= 11 is 0. The van der Waals surface area contributed by atoms with Gasteiger partial charge in [-0.3, -0.25) is 4.79 Å². The van der Waals surface area contributed by atoms with Gasteiger partial charge in [0.15, 0.2) is 0 Å². The van der Waals surface area contributed by atoms with Gasteiger partial charge in [-0.15, -0.1) is 0 Å². The Morgan fingerprint density at radius 1 is 1.22 bits per heavy atom. The lowest BCUT2D eigenvalue weighted by Crippen LogP contribution is -2.44. The molecule has 6 nitrogen and oxygen atoms in total. The predicted octanol–water partition coefficient (Wildman–Crippen LogP) is 2.88. The summed E-state index contributed by atoms with van der Waals surface area (Å²) in [6.07, 6.45) is 4.56. The number of likely N-dealkylation sites (tertiary alicyclic amines) is 1. The van der Waals surface area contributed by atoms with Crippen LogP contribution in [0.15, 0.2) is 30.3 Å². The van der Waals surface area contributed by atoms with Crippen LogP contribution in [0, 0.1) is 5.92 Å². The first-order valence-electron chi connectivity index (χ1n) is 10.1. The van der Waals surface area contributed by atoms with Gasteiger partial charge in [0.05, 0.1) is 0 Å². The van der Waals surface area contributed by atoms with E-state index in [0.29, 0.717) is 19.4 Å². The molecule has 1 fully saturated rings. The number of benzene rings is 1. The first-order chi connectivity index (χ1) is 13.0. The van der Waals surface area contributed by atoms with E-state index in [2.05, 4.69) is 22.5 Å². The smallest absolute Gasteiger partial charge is 0.315 e. The van der Waals surface area contributed by atoms with Crippen LogP contribution in [0.3, 0.4) is 0 Å². The van der Waals surface area contributed by atoms with E-state index in [9.17, 15) is 9.59 Å². The molecule has 1 aromatic carbocycles. The minimum absolute atomic E-state index is 0.0468. The Kier molecular flexibility index (Phi) is 9.11. The number of hydrogen-bond donors (Lipinski definition) is 3. The van der Waals surface area contributed by atoms with Crippen LogP contribution in [0.4, 0.5) is 4.79 Å². The summed E-state index contributed by atoms with van der Waals surface area (Å²) in [4.78, 5) is 25.6. The Labute approximate surface area is 162 Å². The second-order valence-electron chi connectivity index (χ2n) is 7.60. The number of carbonyl (C=O) groups excluding carboxylic acids is 1. The Bertz CT molecular complexity index is 571. The van der Waals surface area contributed by atoms with E-state index in [0.717, 1.165) is 37.5 Å². The number of carboxylic acids is 1.